The molecule has 0 aromatic heterocycles. The van der Waals surface area contributed by atoms with E-state index in [0.29, 0.717) is 12.0 Å². The van der Waals surface area contributed by atoms with E-state index in [0.717, 1.165) is 57.7 Å². The summed E-state index contributed by atoms with van der Waals surface area (Å²) in [4.78, 5) is 17.6. The molecule has 0 atom stereocenters. The van der Waals surface area contributed by atoms with E-state index in [-0.39, 0.29) is 5.91 Å². The van der Waals surface area contributed by atoms with Crippen molar-refractivity contribution in [3.63, 3.8) is 0 Å². The minimum absolute atomic E-state index is 0.0932. The van der Waals surface area contributed by atoms with Gasteiger partial charge in [-0.1, -0.05) is 13.0 Å². The third kappa shape index (κ3) is 4.86. The monoisotopic (exact) mass is 357 g/mol. The van der Waals surface area contributed by atoms with Gasteiger partial charge in [0, 0.05) is 31.2 Å². The highest BCUT2D eigenvalue weighted by Gasteiger charge is 2.21. The maximum Gasteiger partial charge on any atom is 0.251 e. The van der Waals surface area contributed by atoms with Gasteiger partial charge in [-0.05, 0) is 88.3 Å². The minimum atomic E-state index is 0.0932. The van der Waals surface area contributed by atoms with Crippen LogP contribution in [0.4, 0.5) is 0 Å². The van der Waals surface area contributed by atoms with Gasteiger partial charge in [0.2, 0.25) is 0 Å². The molecule has 4 nitrogen and oxygen atoms in total. The lowest BCUT2D eigenvalue weighted by Crippen LogP contribution is -2.41. The summed E-state index contributed by atoms with van der Waals surface area (Å²) in [5.74, 6) is 0.712. The molecule has 3 rings (SSSR count). The number of amides is 1. The van der Waals surface area contributed by atoms with Crippen molar-refractivity contribution < 1.29 is 4.79 Å². The van der Waals surface area contributed by atoms with E-state index in [2.05, 4.69) is 48.0 Å². The Hall–Kier alpha value is -1.39. The molecule has 0 bridgehead atoms. The first kappa shape index (κ1) is 19.4. The van der Waals surface area contributed by atoms with Crippen molar-refractivity contribution in [3.05, 3.63) is 34.9 Å². The number of hydrogen-bond donors (Lipinski definition) is 1. The van der Waals surface area contributed by atoms with E-state index >= 15 is 0 Å². The first-order valence-corrected chi connectivity index (χ1v) is 10.4. The zero-order chi connectivity index (χ0) is 18.5. The van der Waals surface area contributed by atoms with Crippen LogP contribution in [-0.4, -0.2) is 61.0 Å². The van der Waals surface area contributed by atoms with Crippen molar-refractivity contribution in [2.24, 2.45) is 5.92 Å². The SMILES string of the molecule is CCN1CCc2ccc(C(=O)NCC3CCN(C(C)C)CC3)cc2CC1. The Balaban J connectivity index is 1.52. The Bertz CT molecular complexity index is 605. The first-order valence-electron chi connectivity index (χ1n) is 10.4. The van der Waals surface area contributed by atoms with Gasteiger partial charge in [-0.25, -0.2) is 0 Å². The molecule has 0 aliphatic carbocycles. The van der Waals surface area contributed by atoms with Crippen LogP contribution in [0.3, 0.4) is 0 Å². The van der Waals surface area contributed by atoms with Crippen LogP contribution < -0.4 is 5.32 Å². The predicted octanol–water partition coefficient (Wildman–Crippen LogP) is 2.96. The molecule has 1 amide bonds. The van der Waals surface area contributed by atoms with Crippen molar-refractivity contribution in [3.8, 4) is 0 Å². The third-order valence-electron chi connectivity index (χ3n) is 6.24. The maximum absolute atomic E-state index is 12.6. The second-order valence-electron chi connectivity index (χ2n) is 8.20. The number of piperidine rings is 1. The predicted molar refractivity (Wildman–Crippen MR) is 108 cm³/mol. The molecule has 2 aliphatic rings. The molecular weight excluding hydrogens is 322 g/mol. The number of rotatable bonds is 5. The number of likely N-dealkylation sites (N-methyl/N-ethyl adjacent to an activating group) is 1. The van der Waals surface area contributed by atoms with Crippen LogP contribution in [0.25, 0.3) is 0 Å². The van der Waals surface area contributed by atoms with Crippen LogP contribution in [-0.2, 0) is 12.8 Å². The Morgan fingerprint density at radius 2 is 1.81 bits per heavy atom. The molecule has 2 aliphatic heterocycles. The summed E-state index contributed by atoms with van der Waals surface area (Å²) < 4.78 is 0. The minimum Gasteiger partial charge on any atom is -0.352 e. The van der Waals surface area contributed by atoms with Gasteiger partial charge in [-0.3, -0.25) is 4.79 Å². The van der Waals surface area contributed by atoms with Gasteiger partial charge < -0.3 is 15.1 Å². The number of nitrogens with one attached hydrogen (secondary N) is 1. The zero-order valence-corrected chi connectivity index (χ0v) is 16.8. The molecule has 1 N–H and O–H groups in total. The van der Waals surface area contributed by atoms with E-state index in [1.165, 1.54) is 24.0 Å². The summed E-state index contributed by atoms with van der Waals surface area (Å²) in [6.45, 7) is 13.2. The fraction of sp³-hybridized carbons (Fsp3) is 0.682. The molecule has 1 aromatic carbocycles. The van der Waals surface area contributed by atoms with Crippen molar-refractivity contribution in [1.29, 1.82) is 0 Å². The number of benzene rings is 1. The smallest absolute Gasteiger partial charge is 0.251 e. The van der Waals surface area contributed by atoms with Crippen LogP contribution in [0.15, 0.2) is 18.2 Å². The van der Waals surface area contributed by atoms with Gasteiger partial charge in [0.25, 0.3) is 5.91 Å². The second-order valence-corrected chi connectivity index (χ2v) is 8.20. The van der Waals surface area contributed by atoms with Crippen LogP contribution in [0.2, 0.25) is 0 Å². The van der Waals surface area contributed by atoms with Gasteiger partial charge in [0.05, 0.1) is 0 Å². The summed E-state index contributed by atoms with van der Waals surface area (Å²) in [5, 5.41) is 3.19. The van der Waals surface area contributed by atoms with Crippen LogP contribution in [0.5, 0.6) is 0 Å². The standard InChI is InChI=1S/C22H35N3O/c1-4-24-11-9-19-5-6-21(15-20(19)10-12-24)22(26)23-16-18-7-13-25(14-8-18)17(2)3/h5-6,15,17-18H,4,7-14,16H2,1-3H3,(H,23,26). The largest absolute Gasteiger partial charge is 0.352 e. The average Bonchev–Trinajstić information content (AvgIpc) is 2.88. The molecule has 4 heteroatoms. The third-order valence-corrected chi connectivity index (χ3v) is 6.24. The van der Waals surface area contributed by atoms with Crippen LogP contribution >= 0.6 is 0 Å². The lowest BCUT2D eigenvalue weighted by molar-refractivity contribution is 0.0929. The Morgan fingerprint density at radius 1 is 1.12 bits per heavy atom. The molecule has 0 spiro atoms. The molecule has 1 aromatic rings. The van der Waals surface area contributed by atoms with Gasteiger partial charge in [-0.15, -0.1) is 0 Å². The molecule has 1 fully saturated rings. The molecule has 2 heterocycles. The normalized spacial score (nSPS) is 20.0. The van der Waals surface area contributed by atoms with E-state index in [4.69, 9.17) is 0 Å². The van der Waals surface area contributed by atoms with Crippen molar-refractivity contribution in [1.82, 2.24) is 15.1 Å². The molecule has 1 saturated heterocycles. The fourth-order valence-electron chi connectivity index (χ4n) is 4.24. The van der Waals surface area contributed by atoms with Crippen molar-refractivity contribution in [2.45, 2.75) is 52.5 Å². The van der Waals surface area contributed by atoms with Crippen molar-refractivity contribution >= 4 is 5.91 Å². The topological polar surface area (TPSA) is 35.6 Å². The second kappa shape index (κ2) is 9.01. The zero-order valence-electron chi connectivity index (χ0n) is 16.8. The van der Waals surface area contributed by atoms with Crippen LogP contribution in [0, 0.1) is 5.92 Å². The molecule has 0 radical (unpaired) electrons. The number of carbonyl (C=O) groups is 1. The summed E-state index contributed by atoms with van der Waals surface area (Å²) in [6.07, 6.45) is 4.53. The lowest BCUT2D eigenvalue weighted by Gasteiger charge is -2.34. The Labute approximate surface area is 158 Å². The molecule has 0 saturated carbocycles. The van der Waals surface area contributed by atoms with E-state index in [9.17, 15) is 4.79 Å². The quantitative estimate of drug-likeness (QED) is 0.880. The maximum atomic E-state index is 12.6. The Kier molecular flexibility index (Phi) is 6.71. The molecular formula is C22H35N3O. The average molecular weight is 358 g/mol. The van der Waals surface area contributed by atoms with E-state index in [1.54, 1.807) is 0 Å². The highest BCUT2D eigenvalue weighted by molar-refractivity contribution is 5.94. The number of fused-ring (bicyclic) bond motifs is 1. The number of likely N-dealkylation sites (tertiary alicyclic amines) is 1. The highest BCUT2D eigenvalue weighted by atomic mass is 16.1. The van der Waals surface area contributed by atoms with Crippen molar-refractivity contribution in [2.75, 3.05) is 39.3 Å². The van der Waals surface area contributed by atoms with Gasteiger partial charge in [0.15, 0.2) is 0 Å². The van der Waals surface area contributed by atoms with Crippen LogP contribution in [0.1, 0.15) is 55.1 Å². The summed E-state index contributed by atoms with van der Waals surface area (Å²) >= 11 is 0. The van der Waals surface area contributed by atoms with E-state index < -0.39 is 0 Å². The first-order chi connectivity index (χ1) is 12.6. The lowest BCUT2D eigenvalue weighted by atomic mass is 9.95. The molecule has 0 unspecified atom stereocenters. The summed E-state index contributed by atoms with van der Waals surface area (Å²) in [5.41, 5.74) is 3.60. The van der Waals surface area contributed by atoms with Gasteiger partial charge in [0.1, 0.15) is 0 Å². The number of hydrogen-bond acceptors (Lipinski definition) is 3. The number of carbonyl (C=O) groups excluding carboxylic acids is 1. The Morgan fingerprint density at radius 3 is 2.46 bits per heavy atom. The van der Waals surface area contributed by atoms with Gasteiger partial charge in [-0.2, -0.15) is 0 Å². The fourth-order valence-corrected chi connectivity index (χ4v) is 4.24. The van der Waals surface area contributed by atoms with E-state index in [1.807, 2.05) is 6.07 Å². The molecule has 144 valence electrons. The summed E-state index contributed by atoms with van der Waals surface area (Å²) in [6, 6.07) is 6.95. The molecule has 26 heavy (non-hydrogen) atoms. The van der Waals surface area contributed by atoms with Gasteiger partial charge >= 0.3 is 0 Å². The highest BCUT2D eigenvalue weighted by Crippen LogP contribution is 2.20. The summed E-state index contributed by atoms with van der Waals surface area (Å²) in [7, 11) is 0. The number of nitrogens with zero attached hydrogens (tertiary/aromatic N) is 2.